The van der Waals surface area contributed by atoms with Crippen LogP contribution in [0.4, 0.5) is 0 Å². The van der Waals surface area contributed by atoms with Gasteiger partial charge in [0.1, 0.15) is 0 Å². The van der Waals surface area contributed by atoms with E-state index in [1.807, 2.05) is 6.21 Å². The quantitative estimate of drug-likeness (QED) is 0.504. The second-order valence-corrected chi connectivity index (χ2v) is 4.33. The smallest absolute Gasteiger partial charge is 0.0416 e. The van der Waals surface area contributed by atoms with E-state index in [4.69, 9.17) is 0 Å². The van der Waals surface area contributed by atoms with Crippen molar-refractivity contribution in [2.75, 3.05) is 0 Å². The summed E-state index contributed by atoms with van der Waals surface area (Å²) in [5, 5.41) is 0. The lowest BCUT2D eigenvalue weighted by Gasteiger charge is -2.23. The third-order valence-corrected chi connectivity index (χ3v) is 1.92. The fourth-order valence-electron chi connectivity index (χ4n) is 1.14. The maximum absolute atomic E-state index is 4.39. The molecule has 0 unspecified atom stereocenters. The second-order valence-electron chi connectivity index (χ2n) is 4.33. The minimum absolute atomic E-state index is 0.213. The lowest BCUT2D eigenvalue weighted by molar-refractivity contribution is 0.487. The van der Waals surface area contributed by atoms with E-state index < -0.39 is 0 Å². The zero-order valence-electron chi connectivity index (χ0n) is 7.89. The van der Waals surface area contributed by atoms with Crippen LogP contribution in [0.25, 0.3) is 0 Å². The van der Waals surface area contributed by atoms with E-state index >= 15 is 0 Å². The van der Waals surface area contributed by atoms with Crippen LogP contribution in [-0.4, -0.2) is 6.21 Å². The summed E-state index contributed by atoms with van der Waals surface area (Å²) in [7, 11) is 0. The van der Waals surface area contributed by atoms with Crippen molar-refractivity contribution in [1.82, 2.24) is 0 Å². The Hall–Kier alpha value is -0.590. The van der Waals surface area contributed by atoms with E-state index in [-0.39, 0.29) is 5.41 Å². The molecule has 0 radical (unpaired) electrons. The molecule has 0 amide bonds. The fourth-order valence-corrected chi connectivity index (χ4v) is 1.14. The molecule has 0 N–H and O–H groups in total. The number of hydrogen-bond donors (Lipinski definition) is 0. The SMILES string of the molecule is C[C@@H]1C=C(C(C)(C)C)N=CC1. The highest BCUT2D eigenvalue weighted by atomic mass is 14.8. The Morgan fingerprint density at radius 3 is 2.45 bits per heavy atom. The van der Waals surface area contributed by atoms with Gasteiger partial charge in [-0.25, -0.2) is 0 Å². The Labute approximate surface area is 69.2 Å². The Bertz CT molecular complexity index is 193. The molecule has 1 heteroatoms. The highest BCUT2D eigenvalue weighted by Crippen LogP contribution is 2.29. The van der Waals surface area contributed by atoms with E-state index in [0.717, 1.165) is 6.42 Å². The summed E-state index contributed by atoms with van der Waals surface area (Å²) in [6.07, 6.45) is 5.41. The zero-order valence-corrected chi connectivity index (χ0v) is 7.89. The van der Waals surface area contributed by atoms with E-state index in [9.17, 15) is 0 Å². The summed E-state index contributed by atoms with van der Waals surface area (Å²) in [5.41, 5.74) is 1.45. The van der Waals surface area contributed by atoms with Gasteiger partial charge in [0.2, 0.25) is 0 Å². The van der Waals surface area contributed by atoms with Gasteiger partial charge in [0, 0.05) is 17.3 Å². The molecule has 0 aromatic rings. The van der Waals surface area contributed by atoms with Crippen LogP contribution in [0, 0.1) is 11.3 Å². The van der Waals surface area contributed by atoms with Crippen LogP contribution in [0.1, 0.15) is 34.1 Å². The molecule has 62 valence electrons. The Morgan fingerprint density at radius 2 is 2.09 bits per heavy atom. The molecule has 1 aliphatic heterocycles. The Morgan fingerprint density at radius 1 is 1.45 bits per heavy atom. The van der Waals surface area contributed by atoms with Crippen LogP contribution >= 0.6 is 0 Å². The third-order valence-electron chi connectivity index (χ3n) is 1.92. The normalized spacial score (nSPS) is 25.1. The first-order chi connectivity index (χ1) is 5.00. The predicted octanol–water partition coefficient (Wildman–Crippen LogP) is 3.03. The van der Waals surface area contributed by atoms with Gasteiger partial charge in [0.25, 0.3) is 0 Å². The average molecular weight is 151 g/mol. The van der Waals surface area contributed by atoms with Crippen molar-refractivity contribution in [1.29, 1.82) is 0 Å². The van der Waals surface area contributed by atoms with Crippen LogP contribution in [0.2, 0.25) is 0 Å². The largest absolute Gasteiger partial charge is 0.265 e. The maximum Gasteiger partial charge on any atom is 0.0416 e. The summed E-state index contributed by atoms with van der Waals surface area (Å²) < 4.78 is 0. The molecule has 0 spiro atoms. The zero-order chi connectivity index (χ0) is 8.48. The molecular formula is C10H17N. The van der Waals surface area contributed by atoms with Crippen LogP contribution in [0.5, 0.6) is 0 Å². The molecule has 0 aliphatic carbocycles. The first kappa shape index (κ1) is 8.51. The molecule has 1 nitrogen and oxygen atoms in total. The summed E-state index contributed by atoms with van der Waals surface area (Å²) in [4.78, 5) is 4.39. The number of nitrogens with zero attached hydrogens (tertiary/aromatic N) is 1. The Balaban J connectivity index is 2.80. The van der Waals surface area contributed by atoms with Crippen molar-refractivity contribution in [2.24, 2.45) is 16.3 Å². The molecule has 1 aliphatic rings. The molecule has 0 aromatic carbocycles. The van der Waals surface area contributed by atoms with E-state index in [0.29, 0.717) is 5.92 Å². The van der Waals surface area contributed by atoms with Crippen molar-refractivity contribution in [3.63, 3.8) is 0 Å². The molecule has 1 heterocycles. The monoisotopic (exact) mass is 151 g/mol. The minimum atomic E-state index is 0.213. The highest BCUT2D eigenvalue weighted by Gasteiger charge is 2.18. The van der Waals surface area contributed by atoms with Gasteiger partial charge in [0.05, 0.1) is 0 Å². The summed E-state index contributed by atoms with van der Waals surface area (Å²) in [6, 6.07) is 0. The van der Waals surface area contributed by atoms with E-state index in [1.165, 1.54) is 5.70 Å². The van der Waals surface area contributed by atoms with Crippen molar-refractivity contribution in [2.45, 2.75) is 34.1 Å². The van der Waals surface area contributed by atoms with Gasteiger partial charge in [-0.05, 0) is 12.3 Å². The van der Waals surface area contributed by atoms with Crippen molar-refractivity contribution >= 4 is 6.21 Å². The van der Waals surface area contributed by atoms with Gasteiger partial charge in [0.15, 0.2) is 0 Å². The van der Waals surface area contributed by atoms with Crippen LogP contribution in [0.3, 0.4) is 0 Å². The van der Waals surface area contributed by atoms with Gasteiger partial charge in [-0.2, -0.15) is 0 Å². The standard InChI is InChI=1S/C10H17N/c1-8-5-6-11-9(7-8)10(2,3)4/h6-8H,5H2,1-4H3/t8-/m0/s1. The second kappa shape index (κ2) is 2.80. The van der Waals surface area contributed by atoms with Crippen molar-refractivity contribution < 1.29 is 0 Å². The van der Waals surface area contributed by atoms with E-state index in [1.54, 1.807) is 0 Å². The Kier molecular flexibility index (Phi) is 2.17. The molecule has 1 rings (SSSR count). The summed E-state index contributed by atoms with van der Waals surface area (Å²) in [5.74, 6) is 0.668. The minimum Gasteiger partial charge on any atom is -0.265 e. The van der Waals surface area contributed by atoms with Gasteiger partial charge in [-0.1, -0.05) is 33.8 Å². The number of allylic oxidation sites excluding steroid dienone is 2. The van der Waals surface area contributed by atoms with Gasteiger partial charge >= 0.3 is 0 Å². The third kappa shape index (κ3) is 2.18. The van der Waals surface area contributed by atoms with Gasteiger partial charge in [-0.3, -0.25) is 4.99 Å². The molecule has 0 fully saturated rings. The van der Waals surface area contributed by atoms with Crippen LogP contribution in [-0.2, 0) is 0 Å². The van der Waals surface area contributed by atoms with E-state index in [2.05, 4.69) is 38.8 Å². The number of hydrogen-bond acceptors (Lipinski definition) is 1. The molecule has 0 saturated carbocycles. The molecule has 11 heavy (non-hydrogen) atoms. The first-order valence-corrected chi connectivity index (χ1v) is 4.25. The average Bonchev–Trinajstić information content (AvgIpc) is 1.86. The molecular weight excluding hydrogens is 134 g/mol. The predicted molar refractivity (Wildman–Crippen MR) is 49.8 cm³/mol. The van der Waals surface area contributed by atoms with Crippen molar-refractivity contribution in [3.05, 3.63) is 11.8 Å². The molecule has 0 bridgehead atoms. The number of rotatable bonds is 0. The fraction of sp³-hybridized carbons (Fsp3) is 0.700. The maximum atomic E-state index is 4.39. The van der Waals surface area contributed by atoms with Gasteiger partial charge < -0.3 is 0 Å². The number of aliphatic imine (C=N–C) groups is 1. The lowest BCUT2D eigenvalue weighted by Crippen LogP contribution is -2.12. The molecule has 1 atom stereocenters. The molecule has 0 saturated heterocycles. The van der Waals surface area contributed by atoms with Gasteiger partial charge in [-0.15, -0.1) is 0 Å². The summed E-state index contributed by atoms with van der Waals surface area (Å²) in [6.45, 7) is 8.84. The molecule has 0 aromatic heterocycles. The highest BCUT2D eigenvalue weighted by molar-refractivity contribution is 5.61. The van der Waals surface area contributed by atoms with Crippen LogP contribution < -0.4 is 0 Å². The topological polar surface area (TPSA) is 12.4 Å². The first-order valence-electron chi connectivity index (χ1n) is 4.25. The van der Waals surface area contributed by atoms with Crippen LogP contribution in [0.15, 0.2) is 16.8 Å². The van der Waals surface area contributed by atoms with Crippen molar-refractivity contribution in [3.8, 4) is 0 Å². The summed E-state index contributed by atoms with van der Waals surface area (Å²) >= 11 is 0. The lowest BCUT2D eigenvalue weighted by atomic mass is 9.88.